The molecule has 5 heteroatoms. The van der Waals surface area contributed by atoms with E-state index in [2.05, 4.69) is 20.8 Å². The lowest BCUT2D eigenvalue weighted by Gasteiger charge is -2.18. The molecule has 47 heavy (non-hydrogen) atoms. The zero-order valence-electron chi connectivity index (χ0n) is 32.1. The van der Waals surface area contributed by atoms with E-state index in [1.807, 2.05) is 0 Å². The van der Waals surface area contributed by atoms with Crippen LogP contribution in [0.25, 0.3) is 0 Å². The molecule has 0 saturated heterocycles. The van der Waals surface area contributed by atoms with E-state index >= 15 is 0 Å². The van der Waals surface area contributed by atoms with E-state index in [1.165, 1.54) is 167 Å². The number of carbonyl (C=O) groups is 2. The Kier molecular flexibility index (Phi) is 38.4. The van der Waals surface area contributed by atoms with Crippen molar-refractivity contribution >= 4 is 11.9 Å². The predicted molar refractivity (Wildman–Crippen MR) is 201 cm³/mol. The van der Waals surface area contributed by atoms with E-state index in [-0.39, 0.29) is 25.2 Å². The lowest BCUT2D eigenvalue weighted by atomic mass is 10.0. The van der Waals surface area contributed by atoms with Crippen LogP contribution in [0.5, 0.6) is 0 Å². The quantitative estimate of drug-likeness (QED) is 0.0482. The third kappa shape index (κ3) is 37.6. The molecule has 0 aliphatic heterocycles. The molecule has 0 aliphatic carbocycles. The molecule has 0 rings (SSSR count). The van der Waals surface area contributed by atoms with Crippen LogP contribution in [0.3, 0.4) is 0 Å². The molecule has 1 unspecified atom stereocenters. The minimum atomic E-state index is -0.518. The largest absolute Gasteiger partial charge is 0.462 e. The fourth-order valence-electron chi connectivity index (χ4n) is 6.26. The highest BCUT2D eigenvalue weighted by Crippen LogP contribution is 2.16. The van der Waals surface area contributed by atoms with Crippen molar-refractivity contribution in [3.8, 4) is 0 Å². The summed E-state index contributed by atoms with van der Waals surface area (Å²) in [5.74, 6) is -0.401. The molecule has 1 atom stereocenters. The van der Waals surface area contributed by atoms with Gasteiger partial charge < -0.3 is 14.2 Å². The Morgan fingerprint density at radius 1 is 0.383 bits per heavy atom. The van der Waals surface area contributed by atoms with Crippen molar-refractivity contribution in [2.45, 2.75) is 239 Å². The minimum absolute atomic E-state index is 0.0892. The van der Waals surface area contributed by atoms with Gasteiger partial charge in [-0.05, 0) is 19.3 Å². The van der Waals surface area contributed by atoms with Crippen molar-refractivity contribution < 1.29 is 23.8 Å². The second kappa shape index (κ2) is 39.3. The third-order valence-corrected chi connectivity index (χ3v) is 9.35. The fourth-order valence-corrected chi connectivity index (χ4v) is 6.26. The van der Waals surface area contributed by atoms with Crippen LogP contribution in [0.2, 0.25) is 0 Å². The van der Waals surface area contributed by atoms with Crippen LogP contribution >= 0.6 is 0 Å². The van der Waals surface area contributed by atoms with E-state index < -0.39 is 6.10 Å². The maximum Gasteiger partial charge on any atom is 0.306 e. The summed E-state index contributed by atoms with van der Waals surface area (Å²) < 4.78 is 16.8. The molecule has 0 N–H and O–H groups in total. The van der Waals surface area contributed by atoms with Gasteiger partial charge in [0.25, 0.3) is 0 Å². The number of esters is 2. The van der Waals surface area contributed by atoms with E-state index in [1.54, 1.807) is 0 Å². The number of rotatable bonds is 39. The molecule has 0 aromatic carbocycles. The van der Waals surface area contributed by atoms with Crippen molar-refractivity contribution in [3.63, 3.8) is 0 Å². The number of hydrogen-bond donors (Lipinski definition) is 0. The summed E-state index contributed by atoms with van der Waals surface area (Å²) in [6.45, 7) is 7.59. The fraction of sp³-hybridized carbons (Fsp3) is 0.952. The molecular formula is C42H82O5. The van der Waals surface area contributed by atoms with Gasteiger partial charge >= 0.3 is 11.9 Å². The second-order valence-corrected chi connectivity index (χ2v) is 14.3. The second-order valence-electron chi connectivity index (χ2n) is 14.3. The van der Waals surface area contributed by atoms with Crippen molar-refractivity contribution in [2.75, 3.05) is 19.8 Å². The van der Waals surface area contributed by atoms with Gasteiger partial charge in [-0.1, -0.05) is 201 Å². The number of ether oxygens (including phenoxy) is 3. The average molecular weight is 667 g/mol. The topological polar surface area (TPSA) is 61.8 Å². The highest BCUT2D eigenvalue weighted by atomic mass is 16.6. The Morgan fingerprint density at radius 2 is 0.702 bits per heavy atom. The highest BCUT2D eigenvalue weighted by molar-refractivity contribution is 5.70. The molecule has 0 radical (unpaired) electrons. The van der Waals surface area contributed by atoms with Crippen LogP contribution in [0.4, 0.5) is 0 Å². The van der Waals surface area contributed by atoms with E-state index in [0.29, 0.717) is 19.4 Å². The first-order valence-corrected chi connectivity index (χ1v) is 21.1. The van der Waals surface area contributed by atoms with Crippen molar-refractivity contribution in [1.29, 1.82) is 0 Å². The minimum Gasteiger partial charge on any atom is -0.462 e. The van der Waals surface area contributed by atoms with Gasteiger partial charge in [-0.3, -0.25) is 9.59 Å². The van der Waals surface area contributed by atoms with Gasteiger partial charge in [0.05, 0.1) is 6.61 Å². The smallest absolute Gasteiger partial charge is 0.306 e. The third-order valence-electron chi connectivity index (χ3n) is 9.35. The summed E-state index contributed by atoms with van der Waals surface area (Å²) in [7, 11) is 0. The predicted octanol–water partition coefficient (Wildman–Crippen LogP) is 13.4. The van der Waals surface area contributed by atoms with Crippen LogP contribution in [0, 0.1) is 0 Å². The van der Waals surface area contributed by atoms with Gasteiger partial charge in [-0.2, -0.15) is 0 Å². The number of carbonyl (C=O) groups excluding carboxylic acids is 2. The summed E-state index contributed by atoms with van der Waals surface area (Å²) in [6, 6.07) is 0. The lowest BCUT2D eigenvalue weighted by molar-refractivity contribution is -0.162. The lowest BCUT2D eigenvalue weighted by Crippen LogP contribution is -2.30. The number of hydrogen-bond acceptors (Lipinski definition) is 5. The molecule has 0 heterocycles. The van der Waals surface area contributed by atoms with Crippen LogP contribution in [0.1, 0.15) is 233 Å². The first-order chi connectivity index (χ1) is 23.1. The van der Waals surface area contributed by atoms with Gasteiger partial charge in [0.1, 0.15) is 6.61 Å². The van der Waals surface area contributed by atoms with Crippen molar-refractivity contribution in [3.05, 3.63) is 0 Å². The Hall–Kier alpha value is -1.10. The molecule has 0 amide bonds. The normalized spacial score (nSPS) is 12.0. The first kappa shape index (κ1) is 45.9. The highest BCUT2D eigenvalue weighted by Gasteiger charge is 2.17. The van der Waals surface area contributed by atoms with E-state index in [0.717, 1.165) is 32.1 Å². The Bertz CT molecular complexity index is 637. The van der Waals surface area contributed by atoms with Crippen molar-refractivity contribution in [1.82, 2.24) is 0 Å². The summed E-state index contributed by atoms with van der Waals surface area (Å²) in [5, 5.41) is 0. The zero-order chi connectivity index (χ0) is 34.3. The van der Waals surface area contributed by atoms with Crippen molar-refractivity contribution in [2.24, 2.45) is 0 Å². The van der Waals surface area contributed by atoms with Crippen LogP contribution in [-0.2, 0) is 23.8 Å². The zero-order valence-corrected chi connectivity index (χ0v) is 32.1. The summed E-state index contributed by atoms with van der Waals surface area (Å²) in [5.41, 5.74) is 0. The van der Waals surface area contributed by atoms with Crippen LogP contribution in [-0.4, -0.2) is 37.9 Å². The molecule has 0 fully saturated rings. The summed E-state index contributed by atoms with van der Waals surface area (Å²) in [6.07, 6.45) is 40.4. The molecule has 0 aliphatic rings. The van der Waals surface area contributed by atoms with E-state index in [9.17, 15) is 9.59 Å². The maximum absolute atomic E-state index is 12.5. The first-order valence-electron chi connectivity index (χ1n) is 21.1. The van der Waals surface area contributed by atoms with Gasteiger partial charge in [0.15, 0.2) is 6.10 Å². The number of unbranched alkanes of at least 4 members (excludes halogenated alkanes) is 28. The maximum atomic E-state index is 12.5. The molecule has 0 aromatic heterocycles. The monoisotopic (exact) mass is 667 g/mol. The van der Waals surface area contributed by atoms with Gasteiger partial charge in [-0.25, -0.2) is 0 Å². The Labute approximate surface area is 293 Å². The SMILES string of the molecule is CCCCCCCCCCCCCCCCCC(=O)OCC(COCCC)OC(=O)CCCCCCCCCCCCCCCCC. The molecule has 0 spiro atoms. The Morgan fingerprint density at radius 3 is 1.04 bits per heavy atom. The van der Waals surface area contributed by atoms with Crippen LogP contribution < -0.4 is 0 Å². The van der Waals surface area contributed by atoms with E-state index in [4.69, 9.17) is 14.2 Å². The summed E-state index contributed by atoms with van der Waals surface area (Å²) in [4.78, 5) is 24.8. The van der Waals surface area contributed by atoms with Gasteiger partial charge in [0.2, 0.25) is 0 Å². The molecule has 5 nitrogen and oxygen atoms in total. The van der Waals surface area contributed by atoms with Gasteiger partial charge in [-0.15, -0.1) is 0 Å². The average Bonchev–Trinajstić information content (AvgIpc) is 3.07. The molecule has 280 valence electrons. The molecular weight excluding hydrogens is 584 g/mol. The molecule has 0 bridgehead atoms. The standard InChI is InChI=1S/C42H82O5/c1-4-7-9-11-13-15-17-19-21-23-25-27-29-31-33-35-41(43)46-39-40(38-45-37-6-3)47-42(44)36-34-32-30-28-26-24-22-20-18-16-14-12-10-8-5-2/h40H,4-39H2,1-3H3. The molecule has 0 saturated carbocycles. The molecule has 0 aromatic rings. The van der Waals surface area contributed by atoms with Crippen LogP contribution in [0.15, 0.2) is 0 Å². The Balaban J connectivity index is 3.76. The van der Waals surface area contributed by atoms with Gasteiger partial charge in [0, 0.05) is 19.4 Å². The summed E-state index contributed by atoms with van der Waals surface area (Å²) >= 11 is 0.